The molecule has 0 aliphatic rings. The molecule has 0 bridgehead atoms. The Kier molecular flexibility index (Phi) is 196. The van der Waals surface area contributed by atoms with Crippen LogP contribution in [0.2, 0.25) is 0 Å². The normalized spacial score (nSPS) is 3.00. The highest BCUT2D eigenvalue weighted by molar-refractivity contribution is 8.93. The van der Waals surface area contributed by atoms with Gasteiger partial charge in [-0.25, -0.2) is 0 Å². The minimum absolute atomic E-state index is 0. The molecule has 1 atom stereocenters. The molecular formula is C2H14BrN2P. The van der Waals surface area contributed by atoms with Gasteiger partial charge in [0, 0.05) is 0 Å². The van der Waals surface area contributed by atoms with Gasteiger partial charge in [0.15, 0.2) is 0 Å². The van der Waals surface area contributed by atoms with E-state index in [-0.39, 0.29) is 29.3 Å². The Labute approximate surface area is 52.2 Å². The smallest absolute Gasteiger partial charge is 0.0410 e. The average molecular weight is 177 g/mol. The van der Waals surface area contributed by atoms with Gasteiger partial charge in [-0.2, -0.15) is 0 Å². The Morgan fingerprint density at radius 3 is 1.33 bits per heavy atom. The first-order valence-corrected chi connectivity index (χ1v) is 1.93. The molecule has 0 spiro atoms. The minimum Gasteiger partial charge on any atom is -0.344 e. The van der Waals surface area contributed by atoms with Crippen molar-refractivity contribution >= 4 is 26.2 Å². The van der Waals surface area contributed by atoms with Crippen molar-refractivity contribution in [3.05, 3.63) is 0 Å². The van der Waals surface area contributed by atoms with E-state index in [1.165, 1.54) is 6.16 Å². The summed E-state index contributed by atoms with van der Waals surface area (Å²) in [7, 11) is 2.58. The van der Waals surface area contributed by atoms with Gasteiger partial charge in [-0.1, -0.05) is 6.92 Å². The largest absolute Gasteiger partial charge is 0.344 e. The van der Waals surface area contributed by atoms with Crippen LogP contribution in [0, 0.1) is 0 Å². The van der Waals surface area contributed by atoms with E-state index in [9.17, 15) is 0 Å². The zero-order valence-corrected chi connectivity index (χ0v) is 6.97. The molecule has 0 aliphatic carbocycles. The average Bonchev–Trinajstić information content (AvgIpc) is 0.918. The molecule has 0 aromatic carbocycles. The summed E-state index contributed by atoms with van der Waals surface area (Å²) in [6.07, 6.45) is 1.17. The van der Waals surface area contributed by atoms with E-state index in [1.807, 2.05) is 0 Å². The number of hydrogen-bond donors (Lipinski definition) is 2. The summed E-state index contributed by atoms with van der Waals surface area (Å²) in [6, 6.07) is 0. The molecule has 0 amide bonds. The standard InChI is InChI=1S/C2H7P.BrH.2H3N/c1-2-3;;;/h2-3H2,1H3;1H;2*1H3. The van der Waals surface area contributed by atoms with E-state index in [4.69, 9.17) is 0 Å². The number of rotatable bonds is 0. The van der Waals surface area contributed by atoms with Crippen molar-refractivity contribution in [2.75, 3.05) is 6.16 Å². The van der Waals surface area contributed by atoms with Crippen LogP contribution in [-0.2, 0) is 0 Å². The van der Waals surface area contributed by atoms with Crippen LogP contribution in [0.25, 0.3) is 0 Å². The first-order chi connectivity index (χ1) is 1.41. The fourth-order valence-corrected chi connectivity index (χ4v) is 0. The fraction of sp³-hybridized carbons (Fsp3) is 1.00. The topological polar surface area (TPSA) is 70.0 Å². The van der Waals surface area contributed by atoms with Crippen LogP contribution >= 0.6 is 26.2 Å². The Hall–Kier alpha value is 0.830. The van der Waals surface area contributed by atoms with Crippen LogP contribution in [0.4, 0.5) is 0 Å². The highest BCUT2D eigenvalue weighted by Crippen LogP contribution is 1.68. The molecule has 0 aromatic rings. The van der Waals surface area contributed by atoms with Gasteiger partial charge in [0.2, 0.25) is 0 Å². The zero-order chi connectivity index (χ0) is 2.71. The van der Waals surface area contributed by atoms with E-state index in [0.717, 1.165) is 0 Å². The molecule has 0 fully saturated rings. The lowest BCUT2D eigenvalue weighted by molar-refractivity contribution is 1.53. The second kappa shape index (κ2) is 40.6. The predicted octanol–water partition coefficient (Wildman–Crippen LogP) is 1.78. The third-order valence-electron chi connectivity index (χ3n) is 0. The van der Waals surface area contributed by atoms with Gasteiger partial charge >= 0.3 is 0 Å². The van der Waals surface area contributed by atoms with Crippen molar-refractivity contribution in [2.24, 2.45) is 0 Å². The molecule has 0 aliphatic heterocycles. The van der Waals surface area contributed by atoms with Gasteiger partial charge in [-0.15, -0.1) is 26.2 Å². The summed E-state index contributed by atoms with van der Waals surface area (Å²) in [5.74, 6) is 0. The molecule has 0 aromatic heterocycles. The van der Waals surface area contributed by atoms with Crippen LogP contribution in [0.15, 0.2) is 0 Å². The van der Waals surface area contributed by atoms with Crippen molar-refractivity contribution in [3.8, 4) is 0 Å². The van der Waals surface area contributed by atoms with Gasteiger partial charge in [0.05, 0.1) is 0 Å². The predicted molar refractivity (Wildman–Crippen MR) is 40.6 cm³/mol. The maximum absolute atomic E-state index is 2.58. The molecular weight excluding hydrogens is 163 g/mol. The lowest BCUT2D eigenvalue weighted by Crippen LogP contribution is -1.33. The van der Waals surface area contributed by atoms with Crippen molar-refractivity contribution in [1.29, 1.82) is 0 Å². The first kappa shape index (κ1) is 29.0. The van der Waals surface area contributed by atoms with Gasteiger partial charge in [-0.3, -0.25) is 0 Å². The number of halogens is 1. The molecule has 1 unspecified atom stereocenters. The van der Waals surface area contributed by atoms with Gasteiger partial charge in [0.1, 0.15) is 0 Å². The number of hydrogen-bond acceptors (Lipinski definition) is 2. The second-order valence-corrected chi connectivity index (χ2v) is 1.22. The summed E-state index contributed by atoms with van der Waals surface area (Å²) < 4.78 is 0. The van der Waals surface area contributed by atoms with Crippen LogP contribution in [0.3, 0.4) is 0 Å². The van der Waals surface area contributed by atoms with Crippen LogP contribution in [0.5, 0.6) is 0 Å². The van der Waals surface area contributed by atoms with E-state index in [0.29, 0.717) is 0 Å². The monoisotopic (exact) mass is 176 g/mol. The molecule has 4 heteroatoms. The second-order valence-electron chi connectivity index (χ2n) is 0.408. The third kappa shape index (κ3) is 103. The molecule has 0 saturated carbocycles. The summed E-state index contributed by atoms with van der Waals surface area (Å²) in [5.41, 5.74) is 0. The quantitative estimate of drug-likeness (QED) is 0.553. The Morgan fingerprint density at radius 2 is 1.33 bits per heavy atom. The fourth-order valence-electron chi connectivity index (χ4n) is 0. The third-order valence-corrected chi connectivity index (χ3v) is 0. The molecule has 2 nitrogen and oxygen atoms in total. The minimum atomic E-state index is 0. The van der Waals surface area contributed by atoms with Crippen molar-refractivity contribution in [2.45, 2.75) is 6.92 Å². The van der Waals surface area contributed by atoms with E-state index < -0.39 is 0 Å². The van der Waals surface area contributed by atoms with Gasteiger partial charge < -0.3 is 12.3 Å². The maximum Gasteiger partial charge on any atom is -0.0410 e. The van der Waals surface area contributed by atoms with Gasteiger partial charge in [0.25, 0.3) is 0 Å². The van der Waals surface area contributed by atoms with E-state index in [2.05, 4.69) is 16.2 Å². The first-order valence-electron chi connectivity index (χ1n) is 1.12. The molecule has 0 heterocycles. The van der Waals surface area contributed by atoms with E-state index >= 15 is 0 Å². The summed E-state index contributed by atoms with van der Waals surface area (Å²) >= 11 is 0. The molecule has 0 saturated heterocycles. The van der Waals surface area contributed by atoms with Crippen molar-refractivity contribution in [1.82, 2.24) is 12.3 Å². The Morgan fingerprint density at radius 1 is 1.33 bits per heavy atom. The molecule has 6 N–H and O–H groups in total. The van der Waals surface area contributed by atoms with Crippen molar-refractivity contribution in [3.63, 3.8) is 0 Å². The zero-order valence-electron chi connectivity index (χ0n) is 4.11. The summed E-state index contributed by atoms with van der Waals surface area (Å²) in [4.78, 5) is 0. The molecule has 0 radical (unpaired) electrons. The Balaban J connectivity index is -0.00000000667. The lowest BCUT2D eigenvalue weighted by Gasteiger charge is -1.48. The Bertz CT molecular complexity index is 11.5. The van der Waals surface area contributed by atoms with Gasteiger partial charge in [-0.05, 0) is 6.16 Å². The SMILES string of the molecule is Br.CCP.N.N. The molecule has 0 rings (SSSR count). The maximum atomic E-state index is 2.58. The highest BCUT2D eigenvalue weighted by Gasteiger charge is 1.35. The summed E-state index contributed by atoms with van der Waals surface area (Å²) in [6.45, 7) is 2.09. The molecule has 44 valence electrons. The van der Waals surface area contributed by atoms with Crippen LogP contribution < -0.4 is 12.3 Å². The summed E-state index contributed by atoms with van der Waals surface area (Å²) in [5, 5.41) is 0. The van der Waals surface area contributed by atoms with Crippen LogP contribution in [-0.4, -0.2) is 6.16 Å². The van der Waals surface area contributed by atoms with E-state index in [1.54, 1.807) is 0 Å². The van der Waals surface area contributed by atoms with Crippen LogP contribution in [0.1, 0.15) is 6.92 Å². The lowest BCUT2D eigenvalue weighted by atomic mass is 11.0. The molecule has 6 heavy (non-hydrogen) atoms. The highest BCUT2D eigenvalue weighted by atomic mass is 79.9. The van der Waals surface area contributed by atoms with Crippen molar-refractivity contribution < 1.29 is 0 Å².